The number of anilines is 1. The maximum absolute atomic E-state index is 12.0. The van der Waals surface area contributed by atoms with Gasteiger partial charge in [-0.05, 0) is 12.8 Å². The first-order valence-electron chi connectivity index (χ1n) is 8.21. The van der Waals surface area contributed by atoms with Crippen molar-refractivity contribution in [3.8, 4) is 0 Å². The van der Waals surface area contributed by atoms with Crippen molar-refractivity contribution in [1.29, 1.82) is 0 Å². The first kappa shape index (κ1) is 21.1. The summed E-state index contributed by atoms with van der Waals surface area (Å²) >= 11 is 2.40. The van der Waals surface area contributed by atoms with Crippen molar-refractivity contribution >= 4 is 50.1 Å². The Kier molecular flexibility index (Phi) is 7.80. The van der Waals surface area contributed by atoms with Crippen molar-refractivity contribution < 1.29 is 18.0 Å². The molecule has 0 unspecified atom stereocenters. The Labute approximate surface area is 161 Å². The van der Waals surface area contributed by atoms with Crippen LogP contribution in [-0.2, 0) is 19.6 Å². The van der Waals surface area contributed by atoms with Crippen LogP contribution in [0.25, 0.3) is 0 Å². The van der Waals surface area contributed by atoms with E-state index in [1.54, 1.807) is 0 Å². The average molecular weight is 422 g/mol. The zero-order chi connectivity index (χ0) is 19.2. The van der Waals surface area contributed by atoms with Crippen molar-refractivity contribution in [3.05, 3.63) is 0 Å². The van der Waals surface area contributed by atoms with Crippen LogP contribution in [0.1, 0.15) is 32.1 Å². The van der Waals surface area contributed by atoms with Gasteiger partial charge in [-0.25, -0.2) is 8.42 Å². The number of carbonyl (C=O) groups is 2. The van der Waals surface area contributed by atoms with Gasteiger partial charge in [0.15, 0.2) is 4.34 Å². The highest BCUT2D eigenvalue weighted by Gasteiger charge is 2.18. The van der Waals surface area contributed by atoms with E-state index in [9.17, 15) is 18.0 Å². The lowest BCUT2D eigenvalue weighted by molar-refractivity contribution is -0.119. The van der Waals surface area contributed by atoms with Gasteiger partial charge in [-0.2, -0.15) is 4.31 Å². The smallest absolute Gasteiger partial charge is 0.241 e. The summed E-state index contributed by atoms with van der Waals surface area (Å²) in [6.45, 7) is -0.301. The van der Waals surface area contributed by atoms with E-state index in [0.717, 1.165) is 47.6 Å². The summed E-state index contributed by atoms with van der Waals surface area (Å²) < 4.78 is 24.1. The molecule has 0 radical (unpaired) electrons. The van der Waals surface area contributed by atoms with Crippen LogP contribution in [0.15, 0.2) is 4.34 Å². The van der Waals surface area contributed by atoms with E-state index in [-0.39, 0.29) is 29.4 Å². The number of nitrogens with one attached hydrogen (secondary N) is 2. The Morgan fingerprint density at radius 1 is 1.23 bits per heavy atom. The molecule has 0 aromatic carbocycles. The second kappa shape index (κ2) is 9.62. The number of hydrogen-bond donors (Lipinski definition) is 2. The molecule has 2 rings (SSSR count). The van der Waals surface area contributed by atoms with Crippen molar-refractivity contribution in [2.75, 3.05) is 30.9 Å². The highest BCUT2D eigenvalue weighted by molar-refractivity contribution is 8.01. The predicted molar refractivity (Wildman–Crippen MR) is 102 cm³/mol. The maximum Gasteiger partial charge on any atom is 0.241 e. The van der Waals surface area contributed by atoms with E-state index in [0.29, 0.717) is 4.34 Å². The van der Waals surface area contributed by atoms with Crippen molar-refractivity contribution in [1.82, 2.24) is 19.8 Å². The molecular formula is C14H23N5O4S3. The fourth-order valence-electron chi connectivity index (χ4n) is 2.44. The number of likely N-dealkylation sites (N-methyl/N-ethyl adjacent to an activating group) is 1. The molecule has 1 saturated carbocycles. The van der Waals surface area contributed by atoms with E-state index < -0.39 is 15.9 Å². The molecule has 146 valence electrons. The van der Waals surface area contributed by atoms with Gasteiger partial charge in [0, 0.05) is 13.1 Å². The minimum absolute atomic E-state index is 0.0301. The van der Waals surface area contributed by atoms with Crippen molar-refractivity contribution in [2.45, 2.75) is 42.5 Å². The van der Waals surface area contributed by atoms with Crippen LogP contribution < -0.4 is 10.6 Å². The molecule has 2 amide bonds. The summed E-state index contributed by atoms with van der Waals surface area (Å²) in [5.41, 5.74) is 0. The van der Waals surface area contributed by atoms with Gasteiger partial charge < -0.3 is 5.32 Å². The fourth-order valence-corrected chi connectivity index (χ4v) is 4.37. The van der Waals surface area contributed by atoms with E-state index >= 15 is 0 Å². The van der Waals surface area contributed by atoms with E-state index in [2.05, 4.69) is 20.8 Å². The molecular weight excluding hydrogens is 398 g/mol. The van der Waals surface area contributed by atoms with Gasteiger partial charge in [0.2, 0.25) is 27.0 Å². The highest BCUT2D eigenvalue weighted by atomic mass is 32.2. The summed E-state index contributed by atoms with van der Waals surface area (Å²) in [4.78, 5) is 23.8. The molecule has 0 bridgehead atoms. The predicted octanol–water partition coefficient (Wildman–Crippen LogP) is 0.909. The van der Waals surface area contributed by atoms with Crippen molar-refractivity contribution in [2.24, 2.45) is 0 Å². The van der Waals surface area contributed by atoms with Crippen LogP contribution >= 0.6 is 23.1 Å². The quantitative estimate of drug-likeness (QED) is 0.472. The molecule has 1 aromatic heterocycles. The molecule has 0 atom stereocenters. The van der Waals surface area contributed by atoms with Gasteiger partial charge in [-0.15, -0.1) is 10.2 Å². The lowest BCUT2D eigenvalue weighted by atomic mass is 9.95. The molecule has 2 N–H and O–H groups in total. The number of sulfonamides is 1. The zero-order valence-corrected chi connectivity index (χ0v) is 17.2. The average Bonchev–Trinajstić information content (AvgIpc) is 3.00. The largest absolute Gasteiger partial charge is 0.353 e. The zero-order valence-electron chi connectivity index (χ0n) is 14.7. The molecule has 1 heterocycles. The van der Waals surface area contributed by atoms with Gasteiger partial charge in [-0.3, -0.25) is 14.9 Å². The SMILES string of the molecule is CN(CC(=O)Nc1nnc(SCC(=O)NC2CCCCC2)s1)S(C)(=O)=O. The molecule has 9 nitrogen and oxygen atoms in total. The van der Waals surface area contributed by atoms with Crippen LogP contribution in [0.4, 0.5) is 5.13 Å². The summed E-state index contributed by atoms with van der Waals surface area (Å²) in [6.07, 6.45) is 6.65. The lowest BCUT2D eigenvalue weighted by Gasteiger charge is -2.22. The third kappa shape index (κ3) is 7.17. The molecule has 26 heavy (non-hydrogen) atoms. The minimum Gasteiger partial charge on any atom is -0.353 e. The molecule has 1 fully saturated rings. The number of carbonyl (C=O) groups excluding carboxylic acids is 2. The summed E-state index contributed by atoms with van der Waals surface area (Å²) in [7, 11) is -2.10. The lowest BCUT2D eigenvalue weighted by Crippen LogP contribution is -2.37. The van der Waals surface area contributed by atoms with E-state index in [4.69, 9.17) is 0 Å². The second-order valence-electron chi connectivity index (χ2n) is 6.13. The fraction of sp³-hybridized carbons (Fsp3) is 0.714. The first-order valence-corrected chi connectivity index (χ1v) is 11.9. The summed E-state index contributed by atoms with van der Waals surface area (Å²) in [5.74, 6) is -0.284. The second-order valence-corrected chi connectivity index (χ2v) is 10.4. The molecule has 1 aromatic rings. The third-order valence-corrected chi connectivity index (χ3v) is 7.12. The van der Waals surface area contributed by atoms with Crippen LogP contribution in [-0.4, -0.2) is 66.4 Å². The molecule has 0 spiro atoms. The third-order valence-electron chi connectivity index (χ3n) is 3.88. The number of nitrogens with zero attached hydrogens (tertiary/aromatic N) is 3. The maximum atomic E-state index is 12.0. The topological polar surface area (TPSA) is 121 Å². The Morgan fingerprint density at radius 2 is 1.92 bits per heavy atom. The molecule has 1 aliphatic rings. The van der Waals surface area contributed by atoms with Gasteiger partial charge in [-0.1, -0.05) is 42.4 Å². The molecule has 1 aliphatic carbocycles. The Morgan fingerprint density at radius 3 is 2.58 bits per heavy atom. The number of amides is 2. The standard InChI is InChI=1S/C14H23N5O4S3/c1-19(26(2,22)23)8-11(20)16-13-17-18-14(25-13)24-9-12(21)15-10-6-4-3-5-7-10/h10H,3-9H2,1-2H3,(H,15,21)(H,16,17,20). The number of aromatic nitrogens is 2. The molecule has 12 heteroatoms. The summed E-state index contributed by atoms with van der Waals surface area (Å²) in [5, 5.41) is 13.6. The number of thioether (sulfide) groups is 1. The Balaban J connectivity index is 1.74. The van der Waals surface area contributed by atoms with E-state index in [1.165, 1.54) is 25.2 Å². The van der Waals surface area contributed by atoms with Crippen LogP contribution in [0, 0.1) is 0 Å². The van der Waals surface area contributed by atoms with Gasteiger partial charge in [0.05, 0.1) is 18.6 Å². The number of hydrogen-bond acceptors (Lipinski definition) is 8. The molecule has 0 saturated heterocycles. The van der Waals surface area contributed by atoms with Gasteiger partial charge >= 0.3 is 0 Å². The Hall–Kier alpha value is -1.24. The van der Waals surface area contributed by atoms with Crippen LogP contribution in [0.2, 0.25) is 0 Å². The Bertz CT molecular complexity index is 731. The van der Waals surface area contributed by atoms with E-state index in [1.807, 2.05) is 0 Å². The molecule has 0 aliphatic heterocycles. The monoisotopic (exact) mass is 421 g/mol. The highest BCUT2D eigenvalue weighted by Crippen LogP contribution is 2.25. The van der Waals surface area contributed by atoms with Crippen molar-refractivity contribution in [3.63, 3.8) is 0 Å². The minimum atomic E-state index is -3.42. The number of rotatable bonds is 8. The summed E-state index contributed by atoms with van der Waals surface area (Å²) in [6, 6.07) is 0.271. The van der Waals surface area contributed by atoms with Crippen LogP contribution in [0.3, 0.4) is 0 Å². The van der Waals surface area contributed by atoms with Crippen LogP contribution in [0.5, 0.6) is 0 Å². The first-order chi connectivity index (χ1) is 12.2. The van der Waals surface area contributed by atoms with Gasteiger partial charge in [0.1, 0.15) is 0 Å². The van der Waals surface area contributed by atoms with Gasteiger partial charge in [0.25, 0.3) is 0 Å². The normalized spacial score (nSPS) is 15.8.